The standard InChI is InChI=1S/C14H14ClO5PS/c1-19-10-6-5-7-11(20-2)14(10)21(15)12-8-3-4-9-13(12)22(16,17)18/h3-9H,1-2H3,(H,16,17,18). The van der Waals surface area contributed by atoms with Gasteiger partial charge in [-0.1, -0.05) is 35.5 Å². The maximum atomic E-state index is 11.5. The first-order valence-corrected chi connectivity index (χ1v) is 9.82. The lowest BCUT2D eigenvalue weighted by Gasteiger charge is -2.19. The molecule has 1 N–H and O–H groups in total. The van der Waals surface area contributed by atoms with Gasteiger partial charge in [0, 0.05) is 5.30 Å². The predicted molar refractivity (Wildman–Crippen MR) is 87.8 cm³/mol. The molecule has 0 saturated carbocycles. The van der Waals surface area contributed by atoms with Gasteiger partial charge in [-0.05, 0) is 18.2 Å². The Kier molecular flexibility index (Phi) is 5.29. The van der Waals surface area contributed by atoms with E-state index in [1.807, 2.05) is 0 Å². The molecule has 2 rings (SSSR count). The van der Waals surface area contributed by atoms with Gasteiger partial charge in [-0.2, -0.15) is 8.42 Å². The normalized spacial score (nSPS) is 12.7. The second kappa shape index (κ2) is 6.84. The highest BCUT2D eigenvalue weighted by Crippen LogP contribution is 2.46. The zero-order chi connectivity index (χ0) is 16.3. The number of methoxy groups -OCH3 is 2. The summed E-state index contributed by atoms with van der Waals surface area (Å²) in [5, 5.41) is 0.865. The molecule has 0 spiro atoms. The summed E-state index contributed by atoms with van der Waals surface area (Å²) < 4.78 is 43.1. The molecule has 0 aliphatic rings. The van der Waals surface area contributed by atoms with Gasteiger partial charge in [0.15, 0.2) is 0 Å². The molecule has 0 fully saturated rings. The number of hydrogen-bond acceptors (Lipinski definition) is 4. The van der Waals surface area contributed by atoms with Crippen molar-refractivity contribution in [1.82, 2.24) is 0 Å². The number of rotatable bonds is 5. The molecule has 1 unspecified atom stereocenters. The molecule has 8 heteroatoms. The van der Waals surface area contributed by atoms with E-state index in [2.05, 4.69) is 0 Å². The molecule has 0 aromatic heterocycles. The van der Waals surface area contributed by atoms with Gasteiger partial charge < -0.3 is 9.47 Å². The van der Waals surface area contributed by atoms with Crippen LogP contribution in [0.4, 0.5) is 0 Å². The predicted octanol–water partition coefficient (Wildman–Crippen LogP) is 2.54. The van der Waals surface area contributed by atoms with Crippen LogP contribution in [0.25, 0.3) is 0 Å². The molecule has 22 heavy (non-hydrogen) atoms. The number of hydrogen-bond donors (Lipinski definition) is 1. The van der Waals surface area contributed by atoms with Crippen LogP contribution in [0.15, 0.2) is 47.4 Å². The number of ether oxygens (including phenoxy) is 2. The summed E-state index contributed by atoms with van der Waals surface area (Å²) in [6.45, 7) is 0. The molecule has 0 amide bonds. The van der Waals surface area contributed by atoms with E-state index in [0.29, 0.717) is 22.1 Å². The molecular formula is C14H14ClO5PS. The van der Waals surface area contributed by atoms with E-state index in [0.717, 1.165) is 0 Å². The van der Waals surface area contributed by atoms with Crippen LogP contribution in [0, 0.1) is 0 Å². The van der Waals surface area contributed by atoms with Crippen LogP contribution in [-0.4, -0.2) is 27.2 Å². The molecule has 1 atom stereocenters. The maximum absolute atomic E-state index is 11.5. The summed E-state index contributed by atoms with van der Waals surface area (Å²) in [5.41, 5.74) is 0. The van der Waals surface area contributed by atoms with Gasteiger partial charge in [0.05, 0.1) is 26.8 Å². The van der Waals surface area contributed by atoms with Crippen molar-refractivity contribution in [2.45, 2.75) is 4.90 Å². The topological polar surface area (TPSA) is 72.8 Å². The minimum absolute atomic E-state index is 0.218. The van der Waals surface area contributed by atoms with E-state index in [-0.39, 0.29) is 4.90 Å². The monoisotopic (exact) mass is 360 g/mol. The lowest BCUT2D eigenvalue weighted by molar-refractivity contribution is 0.401. The Balaban J connectivity index is 2.66. The Morgan fingerprint density at radius 2 is 1.55 bits per heavy atom. The van der Waals surface area contributed by atoms with Gasteiger partial charge in [0.1, 0.15) is 16.4 Å². The molecule has 0 aliphatic carbocycles. The van der Waals surface area contributed by atoms with Gasteiger partial charge in [0.2, 0.25) is 0 Å². The molecule has 2 aromatic carbocycles. The molecular weight excluding hydrogens is 347 g/mol. The van der Waals surface area contributed by atoms with E-state index in [4.69, 9.17) is 20.7 Å². The minimum Gasteiger partial charge on any atom is -0.496 e. The Labute approximate surface area is 135 Å². The Morgan fingerprint density at radius 1 is 1.00 bits per heavy atom. The molecule has 5 nitrogen and oxygen atoms in total. The third-order valence-electron chi connectivity index (χ3n) is 2.95. The average Bonchev–Trinajstić information content (AvgIpc) is 2.52. The quantitative estimate of drug-likeness (QED) is 0.655. The lowest BCUT2D eigenvalue weighted by Crippen LogP contribution is -2.18. The minimum atomic E-state index is -4.38. The molecule has 0 bridgehead atoms. The Morgan fingerprint density at radius 3 is 2.05 bits per heavy atom. The van der Waals surface area contributed by atoms with Gasteiger partial charge in [0.25, 0.3) is 10.1 Å². The van der Waals surface area contributed by atoms with Crippen molar-refractivity contribution in [2.75, 3.05) is 14.2 Å². The SMILES string of the molecule is COc1cccc(OC)c1P(Cl)c1ccccc1S(=O)(=O)O. The van der Waals surface area contributed by atoms with Crippen molar-refractivity contribution < 1.29 is 22.4 Å². The van der Waals surface area contributed by atoms with Crippen LogP contribution in [-0.2, 0) is 10.1 Å². The zero-order valence-electron chi connectivity index (χ0n) is 11.9. The number of halogens is 1. The average molecular weight is 361 g/mol. The molecule has 0 radical (unpaired) electrons. The molecule has 0 heterocycles. The first kappa shape index (κ1) is 17.0. The molecule has 118 valence electrons. The fourth-order valence-corrected chi connectivity index (χ4v) is 5.72. The van der Waals surface area contributed by atoms with Gasteiger partial charge in [-0.15, -0.1) is 0 Å². The van der Waals surface area contributed by atoms with Crippen LogP contribution in [0.5, 0.6) is 11.5 Å². The summed E-state index contributed by atoms with van der Waals surface area (Å²) in [4.78, 5) is -0.218. The fourth-order valence-electron chi connectivity index (χ4n) is 1.98. The lowest BCUT2D eigenvalue weighted by atomic mass is 10.3. The van der Waals surface area contributed by atoms with Gasteiger partial charge in [-0.25, -0.2) is 0 Å². The second-order valence-electron chi connectivity index (χ2n) is 4.23. The van der Waals surface area contributed by atoms with Gasteiger partial charge >= 0.3 is 0 Å². The summed E-state index contributed by atoms with van der Waals surface area (Å²) in [6.07, 6.45) is 0. The highest BCUT2D eigenvalue weighted by molar-refractivity contribution is 7.97. The first-order chi connectivity index (χ1) is 10.4. The van der Waals surface area contributed by atoms with Crippen molar-refractivity contribution >= 4 is 39.2 Å². The third kappa shape index (κ3) is 3.36. The molecule has 0 aliphatic heterocycles. The van der Waals surface area contributed by atoms with Crippen molar-refractivity contribution in [3.05, 3.63) is 42.5 Å². The van der Waals surface area contributed by atoms with Crippen LogP contribution >= 0.6 is 18.5 Å². The van der Waals surface area contributed by atoms with Crippen LogP contribution in [0.2, 0.25) is 0 Å². The van der Waals surface area contributed by atoms with Crippen LogP contribution < -0.4 is 20.1 Å². The first-order valence-electron chi connectivity index (χ1n) is 6.13. The fraction of sp³-hybridized carbons (Fsp3) is 0.143. The van der Waals surface area contributed by atoms with Gasteiger partial charge in [-0.3, -0.25) is 4.55 Å². The van der Waals surface area contributed by atoms with Crippen molar-refractivity contribution in [1.29, 1.82) is 0 Å². The number of benzene rings is 2. The van der Waals surface area contributed by atoms with Crippen LogP contribution in [0.1, 0.15) is 0 Å². The molecule has 2 aromatic rings. The summed E-state index contributed by atoms with van der Waals surface area (Å²) >= 11 is 6.54. The Bertz CT molecular complexity index is 756. The summed E-state index contributed by atoms with van der Waals surface area (Å²) in [6, 6.07) is 11.2. The van der Waals surface area contributed by atoms with E-state index < -0.39 is 17.4 Å². The van der Waals surface area contributed by atoms with Crippen LogP contribution in [0.3, 0.4) is 0 Å². The highest BCUT2D eigenvalue weighted by atomic mass is 35.7. The van der Waals surface area contributed by atoms with E-state index in [1.165, 1.54) is 26.4 Å². The summed E-state index contributed by atoms with van der Waals surface area (Å²) in [5.74, 6) is 0.983. The van der Waals surface area contributed by atoms with Crippen molar-refractivity contribution in [3.8, 4) is 11.5 Å². The van der Waals surface area contributed by atoms with E-state index in [1.54, 1.807) is 30.3 Å². The zero-order valence-corrected chi connectivity index (χ0v) is 14.3. The smallest absolute Gasteiger partial charge is 0.295 e. The maximum Gasteiger partial charge on any atom is 0.295 e. The highest BCUT2D eigenvalue weighted by Gasteiger charge is 2.26. The second-order valence-corrected chi connectivity index (χ2v) is 8.13. The third-order valence-corrected chi connectivity index (χ3v) is 6.72. The Hall–Kier alpha value is -1.33. The van der Waals surface area contributed by atoms with Crippen molar-refractivity contribution in [2.24, 2.45) is 0 Å². The van der Waals surface area contributed by atoms with E-state index >= 15 is 0 Å². The van der Waals surface area contributed by atoms with E-state index in [9.17, 15) is 13.0 Å². The largest absolute Gasteiger partial charge is 0.496 e. The summed E-state index contributed by atoms with van der Waals surface area (Å²) in [7, 11) is -3.02. The van der Waals surface area contributed by atoms with Crippen molar-refractivity contribution in [3.63, 3.8) is 0 Å². The molecule has 0 saturated heterocycles.